The standard InChI is InChI=1S/C29H49NO3/c1-3-4-5-6-7-8-9-10-11-12-13-14-15-16-17-18-19-20-21-28(31)30-27-23-22-26(29(32)33)24-25(27)2/h22-24H,3-21H2,1-2H3,(H,30,31)(H,32,33). The largest absolute Gasteiger partial charge is 0.478 e. The van der Waals surface area contributed by atoms with E-state index in [1.807, 2.05) is 6.92 Å². The molecule has 1 rings (SSSR count). The maximum atomic E-state index is 12.1. The third-order valence-electron chi connectivity index (χ3n) is 6.50. The van der Waals surface area contributed by atoms with E-state index >= 15 is 0 Å². The summed E-state index contributed by atoms with van der Waals surface area (Å²) in [5.74, 6) is -0.938. The highest BCUT2D eigenvalue weighted by Gasteiger charge is 2.08. The van der Waals surface area contributed by atoms with E-state index in [2.05, 4.69) is 12.2 Å². The van der Waals surface area contributed by atoms with E-state index in [4.69, 9.17) is 5.11 Å². The molecule has 0 radical (unpaired) electrons. The van der Waals surface area contributed by atoms with Crippen molar-refractivity contribution >= 4 is 17.6 Å². The number of aromatic carboxylic acids is 1. The van der Waals surface area contributed by atoms with Crippen molar-refractivity contribution in [3.8, 4) is 0 Å². The van der Waals surface area contributed by atoms with Crippen molar-refractivity contribution in [1.82, 2.24) is 0 Å². The maximum absolute atomic E-state index is 12.1. The van der Waals surface area contributed by atoms with E-state index in [1.54, 1.807) is 12.1 Å². The monoisotopic (exact) mass is 459 g/mol. The number of aryl methyl sites for hydroxylation is 1. The third-order valence-corrected chi connectivity index (χ3v) is 6.50. The van der Waals surface area contributed by atoms with Gasteiger partial charge in [-0.05, 0) is 37.1 Å². The molecule has 1 aromatic carbocycles. The Hall–Kier alpha value is -1.84. The highest BCUT2D eigenvalue weighted by atomic mass is 16.4. The summed E-state index contributed by atoms with van der Waals surface area (Å²) in [6.07, 6.45) is 24.6. The lowest BCUT2D eigenvalue weighted by Gasteiger charge is -2.09. The van der Waals surface area contributed by atoms with Crippen LogP contribution >= 0.6 is 0 Å². The lowest BCUT2D eigenvalue weighted by Crippen LogP contribution is -2.12. The molecule has 1 amide bonds. The number of benzene rings is 1. The first-order valence-electron chi connectivity index (χ1n) is 13.7. The number of nitrogens with one attached hydrogen (secondary N) is 1. The van der Waals surface area contributed by atoms with Crippen LogP contribution in [0.5, 0.6) is 0 Å². The van der Waals surface area contributed by atoms with Crippen molar-refractivity contribution in [2.45, 2.75) is 136 Å². The zero-order chi connectivity index (χ0) is 24.2. The molecule has 0 aliphatic heterocycles. The van der Waals surface area contributed by atoms with E-state index in [-0.39, 0.29) is 11.5 Å². The Morgan fingerprint density at radius 1 is 0.697 bits per heavy atom. The van der Waals surface area contributed by atoms with Crippen molar-refractivity contribution in [2.75, 3.05) is 5.32 Å². The average Bonchev–Trinajstić information content (AvgIpc) is 2.79. The van der Waals surface area contributed by atoms with Crippen LogP contribution < -0.4 is 5.32 Å². The van der Waals surface area contributed by atoms with E-state index in [0.717, 1.165) is 18.4 Å². The maximum Gasteiger partial charge on any atom is 0.335 e. The van der Waals surface area contributed by atoms with Crippen LogP contribution in [0.1, 0.15) is 145 Å². The molecule has 0 unspecified atom stereocenters. The van der Waals surface area contributed by atoms with Gasteiger partial charge in [-0.3, -0.25) is 4.79 Å². The number of hydrogen-bond acceptors (Lipinski definition) is 2. The van der Waals surface area contributed by atoms with Gasteiger partial charge in [0.25, 0.3) is 0 Å². The summed E-state index contributed by atoms with van der Waals surface area (Å²) < 4.78 is 0. The van der Waals surface area contributed by atoms with Gasteiger partial charge >= 0.3 is 5.97 Å². The van der Waals surface area contributed by atoms with Crippen molar-refractivity contribution in [1.29, 1.82) is 0 Å². The minimum Gasteiger partial charge on any atom is -0.478 e. The molecule has 0 spiro atoms. The Balaban J connectivity index is 1.87. The first kappa shape index (κ1) is 29.2. The summed E-state index contributed by atoms with van der Waals surface area (Å²) in [7, 11) is 0. The molecular formula is C29H49NO3. The van der Waals surface area contributed by atoms with Crippen molar-refractivity contribution in [3.05, 3.63) is 29.3 Å². The minimum atomic E-state index is -0.949. The number of unbranched alkanes of at least 4 members (excludes halogenated alkanes) is 17. The molecule has 4 heteroatoms. The van der Waals surface area contributed by atoms with Gasteiger partial charge in [0.1, 0.15) is 0 Å². The fourth-order valence-electron chi connectivity index (χ4n) is 4.34. The molecular weight excluding hydrogens is 410 g/mol. The zero-order valence-electron chi connectivity index (χ0n) is 21.4. The molecule has 0 saturated carbocycles. The third kappa shape index (κ3) is 15.6. The first-order chi connectivity index (χ1) is 16.0. The highest BCUT2D eigenvalue weighted by molar-refractivity contribution is 5.93. The predicted molar refractivity (Wildman–Crippen MR) is 140 cm³/mol. The molecule has 33 heavy (non-hydrogen) atoms. The van der Waals surface area contributed by atoms with Crippen molar-refractivity contribution < 1.29 is 14.7 Å². The molecule has 4 nitrogen and oxygen atoms in total. The average molecular weight is 460 g/mol. The SMILES string of the molecule is CCCCCCCCCCCCCCCCCCCCC(=O)Nc1ccc(C(=O)O)cc1C. The molecule has 1 aromatic rings. The van der Waals surface area contributed by atoms with Gasteiger partial charge < -0.3 is 10.4 Å². The summed E-state index contributed by atoms with van der Waals surface area (Å²) in [4.78, 5) is 23.1. The van der Waals surface area contributed by atoms with Gasteiger partial charge in [-0.25, -0.2) is 4.79 Å². The summed E-state index contributed by atoms with van der Waals surface area (Å²) >= 11 is 0. The number of amides is 1. The van der Waals surface area contributed by atoms with Gasteiger partial charge in [-0.2, -0.15) is 0 Å². The number of rotatable bonds is 21. The Morgan fingerprint density at radius 2 is 1.12 bits per heavy atom. The van der Waals surface area contributed by atoms with Crippen LogP contribution in [-0.4, -0.2) is 17.0 Å². The number of anilines is 1. The highest BCUT2D eigenvalue weighted by Crippen LogP contribution is 2.18. The van der Waals surface area contributed by atoms with Gasteiger partial charge in [-0.1, -0.05) is 116 Å². The van der Waals surface area contributed by atoms with E-state index < -0.39 is 5.97 Å². The quantitative estimate of drug-likeness (QED) is 0.180. The molecule has 0 aromatic heterocycles. The van der Waals surface area contributed by atoms with E-state index in [0.29, 0.717) is 12.1 Å². The van der Waals surface area contributed by atoms with Gasteiger partial charge in [0.2, 0.25) is 5.91 Å². The zero-order valence-corrected chi connectivity index (χ0v) is 21.4. The lowest BCUT2D eigenvalue weighted by atomic mass is 10.0. The number of hydrogen-bond donors (Lipinski definition) is 2. The second-order valence-electron chi connectivity index (χ2n) is 9.64. The topological polar surface area (TPSA) is 66.4 Å². The van der Waals surface area contributed by atoms with Crippen LogP contribution in [0, 0.1) is 6.92 Å². The number of carbonyl (C=O) groups excluding carboxylic acids is 1. The van der Waals surface area contributed by atoms with Gasteiger partial charge in [0, 0.05) is 12.1 Å². The summed E-state index contributed by atoms with van der Waals surface area (Å²) in [6.45, 7) is 4.10. The fraction of sp³-hybridized carbons (Fsp3) is 0.724. The van der Waals surface area contributed by atoms with Gasteiger partial charge in [-0.15, -0.1) is 0 Å². The summed E-state index contributed by atoms with van der Waals surface area (Å²) in [6, 6.07) is 4.79. The molecule has 0 aliphatic carbocycles. The molecule has 0 saturated heterocycles. The molecule has 0 atom stereocenters. The second-order valence-corrected chi connectivity index (χ2v) is 9.64. The van der Waals surface area contributed by atoms with E-state index in [1.165, 1.54) is 109 Å². The number of carbonyl (C=O) groups is 2. The molecule has 0 heterocycles. The van der Waals surface area contributed by atoms with Crippen LogP contribution in [0.3, 0.4) is 0 Å². The Bertz CT molecular complexity index is 656. The molecule has 0 aliphatic rings. The normalized spacial score (nSPS) is 11.0. The predicted octanol–water partition coefficient (Wildman–Crippen LogP) is 9.06. The van der Waals surface area contributed by atoms with Gasteiger partial charge in [0.15, 0.2) is 0 Å². The van der Waals surface area contributed by atoms with Crippen molar-refractivity contribution in [3.63, 3.8) is 0 Å². The van der Waals surface area contributed by atoms with Crippen LogP contribution in [0.15, 0.2) is 18.2 Å². The minimum absolute atomic E-state index is 0.0117. The summed E-state index contributed by atoms with van der Waals surface area (Å²) in [5, 5.41) is 11.9. The number of carboxylic acid groups (broad SMARTS) is 1. The Labute approximate surface area is 202 Å². The van der Waals surface area contributed by atoms with Crippen LogP contribution in [-0.2, 0) is 4.79 Å². The Kier molecular flexibility index (Phi) is 17.4. The van der Waals surface area contributed by atoms with Crippen molar-refractivity contribution in [2.24, 2.45) is 0 Å². The van der Waals surface area contributed by atoms with E-state index in [9.17, 15) is 9.59 Å². The number of carboxylic acids is 1. The molecule has 0 fully saturated rings. The van der Waals surface area contributed by atoms with Crippen LogP contribution in [0.2, 0.25) is 0 Å². The first-order valence-corrected chi connectivity index (χ1v) is 13.7. The Morgan fingerprint density at radius 3 is 1.52 bits per heavy atom. The molecule has 188 valence electrons. The molecule has 0 bridgehead atoms. The fourth-order valence-corrected chi connectivity index (χ4v) is 4.34. The summed E-state index contributed by atoms with van der Waals surface area (Å²) in [5.41, 5.74) is 1.72. The lowest BCUT2D eigenvalue weighted by molar-refractivity contribution is -0.116. The van der Waals surface area contributed by atoms with Gasteiger partial charge in [0.05, 0.1) is 5.56 Å². The smallest absolute Gasteiger partial charge is 0.335 e. The van der Waals surface area contributed by atoms with Crippen LogP contribution in [0.25, 0.3) is 0 Å². The second kappa shape index (κ2) is 19.6. The van der Waals surface area contributed by atoms with Crippen LogP contribution in [0.4, 0.5) is 5.69 Å². The molecule has 2 N–H and O–H groups in total.